The quantitative estimate of drug-likeness (QED) is 0.819. The van der Waals surface area contributed by atoms with Crippen molar-refractivity contribution in [2.24, 2.45) is 5.92 Å². The Morgan fingerprint density at radius 3 is 2.81 bits per heavy atom. The van der Waals surface area contributed by atoms with E-state index in [1.54, 1.807) is 14.0 Å². The van der Waals surface area contributed by atoms with Crippen LogP contribution in [-0.2, 0) is 11.2 Å². The maximum atomic E-state index is 12.9. The third-order valence-electron chi connectivity index (χ3n) is 5.76. The van der Waals surface area contributed by atoms with Gasteiger partial charge in [-0.3, -0.25) is 4.79 Å². The molecule has 144 valence electrons. The van der Waals surface area contributed by atoms with Crippen LogP contribution in [0.15, 0.2) is 18.2 Å². The van der Waals surface area contributed by atoms with Gasteiger partial charge in [-0.2, -0.15) is 0 Å². The lowest BCUT2D eigenvalue weighted by molar-refractivity contribution is -0.134. The Hall–Kier alpha value is -1.59. The Morgan fingerprint density at radius 1 is 1.35 bits per heavy atom. The largest absolute Gasteiger partial charge is 0.497 e. The zero-order chi connectivity index (χ0) is 18.5. The van der Waals surface area contributed by atoms with E-state index in [4.69, 9.17) is 4.74 Å². The summed E-state index contributed by atoms with van der Waals surface area (Å²) >= 11 is 0. The number of nitrogens with zero attached hydrogens (tertiary/aromatic N) is 1. The fourth-order valence-corrected chi connectivity index (χ4v) is 4.48. The molecular weight excluding hydrogens is 328 g/mol. The fourth-order valence-electron chi connectivity index (χ4n) is 4.48. The van der Waals surface area contributed by atoms with Crippen molar-refractivity contribution in [2.45, 2.75) is 57.6 Å². The lowest BCUT2D eigenvalue weighted by Gasteiger charge is -2.43. The number of nitrogens with one attached hydrogen (secondary N) is 1. The van der Waals surface area contributed by atoms with Crippen LogP contribution < -0.4 is 10.1 Å². The van der Waals surface area contributed by atoms with Crippen molar-refractivity contribution in [3.05, 3.63) is 29.3 Å². The molecule has 1 fully saturated rings. The first kappa shape index (κ1) is 19.2. The number of fused-ring (bicyclic) bond motifs is 1. The van der Waals surface area contributed by atoms with Crippen LogP contribution in [0.5, 0.6) is 5.75 Å². The van der Waals surface area contributed by atoms with Crippen molar-refractivity contribution in [1.82, 2.24) is 10.2 Å². The van der Waals surface area contributed by atoms with Crippen LogP contribution in [0.4, 0.5) is 0 Å². The first-order valence-electron chi connectivity index (χ1n) is 9.95. The van der Waals surface area contributed by atoms with Gasteiger partial charge in [0.2, 0.25) is 5.91 Å². The molecule has 2 N–H and O–H groups in total. The number of amides is 1. The molecule has 1 heterocycles. The summed E-state index contributed by atoms with van der Waals surface area (Å²) in [4.78, 5) is 15.0. The third-order valence-corrected chi connectivity index (χ3v) is 5.76. The maximum Gasteiger partial charge on any atom is 0.237 e. The Morgan fingerprint density at radius 2 is 2.12 bits per heavy atom. The van der Waals surface area contributed by atoms with Crippen molar-refractivity contribution >= 4 is 5.91 Å². The van der Waals surface area contributed by atoms with Crippen LogP contribution in [0.3, 0.4) is 0 Å². The first-order chi connectivity index (χ1) is 12.6. The Bertz CT molecular complexity index is 611. The second kappa shape index (κ2) is 8.87. The van der Waals surface area contributed by atoms with Gasteiger partial charge in [0.25, 0.3) is 0 Å². The summed E-state index contributed by atoms with van der Waals surface area (Å²) in [7, 11) is 1.70. The van der Waals surface area contributed by atoms with Gasteiger partial charge in [-0.1, -0.05) is 25.3 Å². The molecule has 5 nitrogen and oxygen atoms in total. The molecule has 0 bridgehead atoms. The molecule has 1 saturated carbocycles. The monoisotopic (exact) mass is 360 g/mol. The van der Waals surface area contributed by atoms with Gasteiger partial charge in [0.1, 0.15) is 5.75 Å². The number of aliphatic hydroxyl groups is 1. The fraction of sp³-hybridized carbons (Fsp3) is 0.667. The van der Waals surface area contributed by atoms with Gasteiger partial charge < -0.3 is 20.1 Å². The standard InChI is InChI=1S/C21H32N2O3/c1-15(24)13-22-14-20(25)23-11-10-16-8-9-18(26-2)12-19(16)21(23)17-6-4-3-5-7-17/h8-9,12,15,17,21-22,24H,3-7,10-11,13-14H2,1-2H3/t15-,21+/m1/s1. The van der Waals surface area contributed by atoms with Crippen molar-refractivity contribution in [1.29, 1.82) is 0 Å². The number of carbonyl (C=O) groups excluding carboxylic acids is 1. The topological polar surface area (TPSA) is 61.8 Å². The lowest BCUT2D eigenvalue weighted by atomic mass is 9.77. The minimum atomic E-state index is -0.441. The van der Waals surface area contributed by atoms with Gasteiger partial charge in [0.05, 0.1) is 25.8 Å². The highest BCUT2D eigenvalue weighted by Crippen LogP contribution is 2.43. The molecule has 1 aliphatic heterocycles. The van der Waals surface area contributed by atoms with Gasteiger partial charge >= 0.3 is 0 Å². The van der Waals surface area contributed by atoms with E-state index in [2.05, 4.69) is 22.3 Å². The van der Waals surface area contributed by atoms with E-state index in [1.807, 2.05) is 6.07 Å². The number of methoxy groups -OCH3 is 1. The first-order valence-corrected chi connectivity index (χ1v) is 9.95. The molecule has 1 amide bonds. The molecule has 0 saturated heterocycles. The normalized spacial score (nSPS) is 22.0. The number of hydrogen-bond acceptors (Lipinski definition) is 4. The average Bonchev–Trinajstić information content (AvgIpc) is 2.66. The predicted octanol–water partition coefficient (Wildman–Crippen LogP) is 2.67. The molecule has 3 rings (SSSR count). The number of rotatable bonds is 6. The van der Waals surface area contributed by atoms with Crippen LogP contribution >= 0.6 is 0 Å². The molecule has 0 aromatic heterocycles. The highest BCUT2D eigenvalue weighted by Gasteiger charge is 2.36. The minimum absolute atomic E-state index is 0.134. The summed E-state index contributed by atoms with van der Waals surface area (Å²) in [6.45, 7) is 3.23. The summed E-state index contributed by atoms with van der Waals surface area (Å²) in [6, 6.07) is 6.47. The van der Waals surface area contributed by atoms with E-state index >= 15 is 0 Å². The average molecular weight is 360 g/mol. The number of benzene rings is 1. The van der Waals surface area contributed by atoms with Gasteiger partial charge in [-0.15, -0.1) is 0 Å². The van der Waals surface area contributed by atoms with Crippen LogP contribution in [-0.4, -0.2) is 48.8 Å². The summed E-state index contributed by atoms with van der Waals surface area (Å²) < 4.78 is 5.46. The molecule has 1 aliphatic carbocycles. The van der Waals surface area contributed by atoms with Crippen molar-refractivity contribution < 1.29 is 14.6 Å². The zero-order valence-electron chi connectivity index (χ0n) is 16.0. The van der Waals surface area contributed by atoms with Crippen LogP contribution in [0.25, 0.3) is 0 Å². The van der Waals surface area contributed by atoms with Gasteiger partial charge in [0.15, 0.2) is 0 Å². The van der Waals surface area contributed by atoms with Crippen molar-refractivity contribution in [3.63, 3.8) is 0 Å². The van der Waals surface area contributed by atoms with E-state index in [0.717, 1.165) is 18.7 Å². The zero-order valence-corrected chi connectivity index (χ0v) is 16.0. The van der Waals surface area contributed by atoms with Crippen LogP contribution in [0.2, 0.25) is 0 Å². The summed E-state index contributed by atoms with van der Waals surface area (Å²) in [5.41, 5.74) is 2.62. The van der Waals surface area contributed by atoms with E-state index in [0.29, 0.717) is 12.5 Å². The Kier molecular flexibility index (Phi) is 6.54. The van der Waals surface area contributed by atoms with Crippen molar-refractivity contribution in [3.8, 4) is 5.75 Å². The van der Waals surface area contributed by atoms with E-state index < -0.39 is 6.10 Å². The minimum Gasteiger partial charge on any atom is -0.497 e. The molecule has 0 unspecified atom stereocenters. The maximum absolute atomic E-state index is 12.9. The Balaban J connectivity index is 1.84. The molecule has 26 heavy (non-hydrogen) atoms. The van der Waals surface area contributed by atoms with E-state index in [1.165, 1.54) is 43.2 Å². The predicted molar refractivity (Wildman–Crippen MR) is 102 cm³/mol. The van der Waals surface area contributed by atoms with Crippen LogP contribution in [0, 0.1) is 5.92 Å². The van der Waals surface area contributed by atoms with E-state index in [-0.39, 0.29) is 18.5 Å². The number of hydrogen-bond donors (Lipinski definition) is 2. The lowest BCUT2D eigenvalue weighted by Crippen LogP contribution is -2.47. The molecule has 0 radical (unpaired) electrons. The molecule has 0 spiro atoms. The third kappa shape index (κ3) is 4.38. The van der Waals surface area contributed by atoms with Gasteiger partial charge in [-0.05, 0) is 55.4 Å². The number of ether oxygens (including phenoxy) is 1. The molecule has 2 aliphatic rings. The van der Waals surface area contributed by atoms with E-state index in [9.17, 15) is 9.90 Å². The molecule has 1 aromatic rings. The molecule has 5 heteroatoms. The van der Waals surface area contributed by atoms with Gasteiger partial charge in [0, 0.05) is 13.1 Å². The number of aliphatic hydroxyl groups excluding tert-OH is 1. The molecular formula is C21H32N2O3. The highest BCUT2D eigenvalue weighted by molar-refractivity contribution is 5.79. The molecule has 1 aromatic carbocycles. The SMILES string of the molecule is COc1ccc2c(c1)[C@H](C1CCCCC1)N(C(=O)CNC[C@@H](C)O)CC2. The number of carbonyl (C=O) groups is 1. The van der Waals surface area contributed by atoms with Gasteiger partial charge in [-0.25, -0.2) is 0 Å². The second-order valence-electron chi connectivity index (χ2n) is 7.72. The summed E-state index contributed by atoms with van der Waals surface area (Å²) in [6.07, 6.45) is 6.63. The molecule has 2 atom stereocenters. The Labute approximate surface area is 156 Å². The van der Waals surface area contributed by atoms with Crippen LogP contribution in [0.1, 0.15) is 56.2 Å². The summed E-state index contributed by atoms with van der Waals surface area (Å²) in [5.74, 6) is 1.52. The smallest absolute Gasteiger partial charge is 0.237 e. The van der Waals surface area contributed by atoms with Crippen molar-refractivity contribution in [2.75, 3.05) is 26.7 Å². The highest BCUT2D eigenvalue weighted by atomic mass is 16.5. The summed E-state index contributed by atoms with van der Waals surface area (Å²) in [5, 5.41) is 12.5. The second-order valence-corrected chi connectivity index (χ2v) is 7.72.